The number of alkyl halides is 4. The van der Waals surface area contributed by atoms with E-state index < -0.39 is 34.7 Å². The van der Waals surface area contributed by atoms with Crippen molar-refractivity contribution >= 4 is 10.0 Å². The zero-order valence-corrected chi connectivity index (χ0v) is 8.75. The quantitative estimate of drug-likeness (QED) is 0.628. The number of sulfonamides is 1. The summed E-state index contributed by atoms with van der Waals surface area (Å²) in [6.07, 6.45) is -3.88. The Balaban J connectivity index is 4.15. The van der Waals surface area contributed by atoms with E-state index in [0.29, 0.717) is 0 Å². The normalized spacial score (nSPS) is 13.5. The van der Waals surface area contributed by atoms with Crippen LogP contribution >= 0.6 is 0 Å². The van der Waals surface area contributed by atoms with Crippen molar-refractivity contribution in [1.29, 1.82) is 0 Å². The van der Waals surface area contributed by atoms with Gasteiger partial charge in [0.25, 0.3) is 0 Å². The lowest BCUT2D eigenvalue weighted by atomic mass is 10.4. The summed E-state index contributed by atoms with van der Waals surface area (Å²) >= 11 is 0. The molecule has 0 amide bonds. The van der Waals surface area contributed by atoms with E-state index >= 15 is 0 Å². The van der Waals surface area contributed by atoms with Crippen LogP contribution in [0.15, 0.2) is 0 Å². The van der Waals surface area contributed by atoms with Gasteiger partial charge in [-0.25, -0.2) is 21.9 Å². The predicted octanol–water partition coefficient (Wildman–Crippen LogP) is 0.0256. The fourth-order valence-electron chi connectivity index (χ4n) is 0.592. The van der Waals surface area contributed by atoms with Crippen LogP contribution in [0.3, 0.4) is 0 Å². The number of nitrogens with one attached hydrogen (secondary N) is 2. The van der Waals surface area contributed by atoms with Gasteiger partial charge in [0.15, 0.2) is 0 Å². The van der Waals surface area contributed by atoms with Crippen LogP contribution in [0, 0.1) is 0 Å². The van der Waals surface area contributed by atoms with E-state index in [0.717, 1.165) is 0 Å². The summed E-state index contributed by atoms with van der Waals surface area (Å²) in [5.41, 5.74) is 0. The topological polar surface area (TPSA) is 58.2 Å². The van der Waals surface area contributed by atoms with E-state index in [2.05, 4.69) is 5.32 Å². The molecule has 0 fully saturated rings. The molecule has 0 aromatic heterocycles. The van der Waals surface area contributed by atoms with Crippen molar-refractivity contribution in [3.8, 4) is 0 Å². The first-order chi connectivity index (χ1) is 6.71. The molecule has 0 aromatic carbocycles. The first-order valence-electron chi connectivity index (χ1n) is 3.99. The maximum absolute atomic E-state index is 12.3. The van der Waals surface area contributed by atoms with Gasteiger partial charge >= 0.3 is 12.3 Å². The lowest BCUT2D eigenvalue weighted by Gasteiger charge is -2.15. The Bertz CT molecular complexity index is 281. The highest BCUT2D eigenvalue weighted by molar-refractivity contribution is 7.89. The third-order valence-electron chi connectivity index (χ3n) is 1.47. The Morgan fingerprint density at radius 2 is 1.87 bits per heavy atom. The Labute approximate surface area is 85.1 Å². The van der Waals surface area contributed by atoms with Crippen LogP contribution in [-0.2, 0) is 10.0 Å². The third-order valence-corrected chi connectivity index (χ3v) is 2.79. The second-order valence-corrected chi connectivity index (χ2v) is 4.73. The molecule has 2 N–H and O–H groups in total. The summed E-state index contributed by atoms with van der Waals surface area (Å²) in [7, 11) is -2.46. The van der Waals surface area contributed by atoms with Gasteiger partial charge in [0.1, 0.15) is 0 Å². The van der Waals surface area contributed by atoms with Crippen LogP contribution in [0.2, 0.25) is 0 Å². The Morgan fingerprint density at radius 1 is 1.33 bits per heavy atom. The summed E-state index contributed by atoms with van der Waals surface area (Å²) in [4.78, 5) is 0. The van der Waals surface area contributed by atoms with E-state index in [1.165, 1.54) is 11.8 Å². The summed E-state index contributed by atoms with van der Waals surface area (Å²) < 4.78 is 71.2. The van der Waals surface area contributed by atoms with Gasteiger partial charge in [0, 0.05) is 6.54 Å². The fraction of sp³-hybridized carbons (Fsp3) is 1.00. The molecule has 0 aliphatic rings. The van der Waals surface area contributed by atoms with Crippen molar-refractivity contribution in [3.63, 3.8) is 0 Å². The number of halogens is 4. The third kappa shape index (κ3) is 5.90. The predicted molar refractivity (Wildman–Crippen MR) is 46.7 cm³/mol. The number of hydrogen-bond acceptors (Lipinski definition) is 3. The summed E-state index contributed by atoms with van der Waals surface area (Å²) in [5.74, 6) is -4.78. The highest BCUT2D eigenvalue weighted by atomic mass is 32.2. The Hall–Kier alpha value is -0.410. The number of hydrogen-bond donors (Lipinski definition) is 2. The molecule has 0 spiro atoms. The van der Waals surface area contributed by atoms with E-state index in [-0.39, 0.29) is 6.54 Å². The van der Waals surface area contributed by atoms with Crippen LogP contribution in [0.4, 0.5) is 17.6 Å². The molecule has 0 atom stereocenters. The average Bonchev–Trinajstić information content (AvgIpc) is 2.12. The van der Waals surface area contributed by atoms with Crippen molar-refractivity contribution in [2.24, 2.45) is 0 Å². The molecule has 0 radical (unpaired) electrons. The molecule has 0 aliphatic carbocycles. The van der Waals surface area contributed by atoms with Gasteiger partial charge in [-0.2, -0.15) is 8.78 Å². The van der Waals surface area contributed by atoms with Gasteiger partial charge in [-0.3, -0.25) is 0 Å². The standard InChI is InChI=1S/C6H12F4N2O2S/c1-11-2-3-15(13,14)12-4-6(9,10)5(7)8/h5,11-12H,2-4H2,1H3. The van der Waals surface area contributed by atoms with Crippen LogP contribution in [0.25, 0.3) is 0 Å². The van der Waals surface area contributed by atoms with Crippen molar-refractivity contribution in [1.82, 2.24) is 10.0 Å². The molecule has 15 heavy (non-hydrogen) atoms. The second-order valence-electron chi connectivity index (χ2n) is 2.81. The smallest absolute Gasteiger partial charge is 0.319 e. The molecule has 0 unspecified atom stereocenters. The van der Waals surface area contributed by atoms with Gasteiger partial charge in [0.05, 0.1) is 12.3 Å². The molecular weight excluding hydrogens is 240 g/mol. The van der Waals surface area contributed by atoms with E-state index in [9.17, 15) is 26.0 Å². The van der Waals surface area contributed by atoms with Gasteiger partial charge in [-0.15, -0.1) is 0 Å². The SMILES string of the molecule is CNCCS(=O)(=O)NCC(F)(F)C(F)F. The molecule has 0 saturated carbocycles. The van der Waals surface area contributed by atoms with Crippen molar-refractivity contribution < 1.29 is 26.0 Å². The maximum Gasteiger partial charge on any atom is 0.320 e. The zero-order valence-electron chi connectivity index (χ0n) is 7.94. The average molecular weight is 252 g/mol. The summed E-state index contributed by atoms with van der Waals surface area (Å²) in [5, 5.41) is 2.49. The molecular formula is C6H12F4N2O2S. The highest BCUT2D eigenvalue weighted by Gasteiger charge is 2.41. The summed E-state index contributed by atoms with van der Waals surface area (Å²) in [6, 6.07) is 0. The minimum atomic E-state index is -4.34. The fourth-order valence-corrected chi connectivity index (χ4v) is 1.62. The second kappa shape index (κ2) is 5.61. The van der Waals surface area contributed by atoms with Gasteiger partial charge in [-0.1, -0.05) is 0 Å². The van der Waals surface area contributed by atoms with Crippen LogP contribution in [0.5, 0.6) is 0 Å². The monoisotopic (exact) mass is 252 g/mol. The molecule has 0 rings (SSSR count). The van der Waals surface area contributed by atoms with Gasteiger partial charge in [-0.05, 0) is 7.05 Å². The zero-order chi connectivity index (χ0) is 12.1. The molecule has 4 nitrogen and oxygen atoms in total. The first-order valence-corrected chi connectivity index (χ1v) is 5.64. The Morgan fingerprint density at radius 3 is 2.27 bits per heavy atom. The van der Waals surface area contributed by atoms with E-state index in [1.54, 1.807) is 0 Å². The van der Waals surface area contributed by atoms with Crippen molar-refractivity contribution in [3.05, 3.63) is 0 Å². The lowest BCUT2D eigenvalue weighted by molar-refractivity contribution is -0.122. The number of rotatable bonds is 7. The summed E-state index contributed by atoms with van der Waals surface area (Å²) in [6.45, 7) is -1.54. The highest BCUT2D eigenvalue weighted by Crippen LogP contribution is 2.21. The van der Waals surface area contributed by atoms with Gasteiger partial charge < -0.3 is 5.32 Å². The molecule has 9 heteroatoms. The van der Waals surface area contributed by atoms with E-state index in [4.69, 9.17) is 0 Å². The maximum atomic E-state index is 12.3. The Kier molecular flexibility index (Phi) is 5.46. The molecule has 0 aliphatic heterocycles. The minimum absolute atomic E-state index is 0.0512. The van der Waals surface area contributed by atoms with Crippen molar-refractivity contribution in [2.45, 2.75) is 12.3 Å². The molecule has 0 aromatic rings. The van der Waals surface area contributed by atoms with E-state index in [1.807, 2.05) is 0 Å². The molecule has 0 heterocycles. The first kappa shape index (κ1) is 14.6. The minimum Gasteiger partial charge on any atom is -0.319 e. The van der Waals surface area contributed by atoms with Crippen LogP contribution in [-0.4, -0.2) is 46.7 Å². The molecule has 92 valence electrons. The van der Waals surface area contributed by atoms with Gasteiger partial charge in [0.2, 0.25) is 10.0 Å². The van der Waals surface area contributed by atoms with Crippen molar-refractivity contribution in [2.75, 3.05) is 25.9 Å². The van der Waals surface area contributed by atoms with Crippen LogP contribution in [0.1, 0.15) is 0 Å². The lowest BCUT2D eigenvalue weighted by Crippen LogP contribution is -2.43. The van der Waals surface area contributed by atoms with Crippen LogP contribution < -0.4 is 10.0 Å². The molecule has 0 bridgehead atoms. The molecule has 0 saturated heterocycles. The largest absolute Gasteiger partial charge is 0.320 e.